The molecule has 88 valence electrons. The van der Waals surface area contributed by atoms with Crippen LogP contribution >= 0.6 is 27.3 Å². The number of carbonyl (C=O) groups excluding carboxylic acids is 1. The van der Waals surface area contributed by atoms with Crippen molar-refractivity contribution in [2.24, 2.45) is 0 Å². The molecule has 1 amide bonds. The van der Waals surface area contributed by atoms with E-state index < -0.39 is 0 Å². The summed E-state index contributed by atoms with van der Waals surface area (Å²) in [5.74, 6) is 0.230. The van der Waals surface area contributed by atoms with E-state index in [0.717, 1.165) is 23.2 Å². The van der Waals surface area contributed by atoms with Crippen molar-refractivity contribution in [3.05, 3.63) is 21.9 Å². The van der Waals surface area contributed by atoms with E-state index in [1.54, 1.807) is 11.3 Å². The minimum atomic E-state index is 0.230. The van der Waals surface area contributed by atoms with Crippen molar-refractivity contribution in [1.82, 2.24) is 4.90 Å². The molecule has 1 aromatic rings. The van der Waals surface area contributed by atoms with Crippen LogP contribution < -0.4 is 0 Å². The normalized spacial score (nSPS) is 15.1. The highest BCUT2D eigenvalue weighted by molar-refractivity contribution is 9.09. The van der Waals surface area contributed by atoms with Crippen LogP contribution in [0.3, 0.4) is 0 Å². The van der Waals surface area contributed by atoms with E-state index in [9.17, 15) is 4.79 Å². The molecule has 1 aromatic heterocycles. The summed E-state index contributed by atoms with van der Waals surface area (Å²) in [6, 6.07) is 2.56. The smallest absolute Gasteiger partial charge is 0.264 e. The molecular formula is C12H16BrNOS. The Morgan fingerprint density at radius 1 is 1.62 bits per heavy atom. The van der Waals surface area contributed by atoms with Crippen LogP contribution in [0.25, 0.3) is 0 Å². The lowest BCUT2D eigenvalue weighted by molar-refractivity contribution is 0.0758. The first kappa shape index (κ1) is 12.1. The van der Waals surface area contributed by atoms with E-state index in [1.807, 2.05) is 10.3 Å². The first-order valence-corrected chi connectivity index (χ1v) is 7.71. The molecule has 0 saturated heterocycles. The van der Waals surface area contributed by atoms with Gasteiger partial charge in [-0.3, -0.25) is 4.79 Å². The highest BCUT2D eigenvalue weighted by Crippen LogP contribution is 2.30. The summed E-state index contributed by atoms with van der Waals surface area (Å²) in [6.07, 6.45) is 3.29. The molecule has 0 aromatic carbocycles. The van der Waals surface area contributed by atoms with Crippen molar-refractivity contribution in [2.45, 2.75) is 32.2 Å². The summed E-state index contributed by atoms with van der Waals surface area (Å²) in [5, 5.41) is 2.88. The van der Waals surface area contributed by atoms with Crippen LogP contribution in [0.2, 0.25) is 0 Å². The minimum absolute atomic E-state index is 0.230. The lowest BCUT2D eigenvalue weighted by atomic mass is 10.2. The molecule has 2 nitrogen and oxygen atoms in total. The van der Waals surface area contributed by atoms with Gasteiger partial charge in [0.15, 0.2) is 0 Å². The fourth-order valence-corrected chi connectivity index (χ4v) is 3.19. The van der Waals surface area contributed by atoms with Crippen LogP contribution in [0.15, 0.2) is 11.4 Å². The molecule has 1 saturated carbocycles. The van der Waals surface area contributed by atoms with Crippen molar-refractivity contribution in [1.29, 1.82) is 0 Å². The molecule has 16 heavy (non-hydrogen) atoms. The van der Waals surface area contributed by atoms with Gasteiger partial charge in [0, 0.05) is 17.9 Å². The second kappa shape index (κ2) is 5.32. The predicted octanol–water partition coefficient (Wildman–Crippen LogP) is 3.31. The lowest BCUT2D eigenvalue weighted by Gasteiger charge is -2.21. The Balaban J connectivity index is 2.15. The summed E-state index contributed by atoms with van der Waals surface area (Å²) in [7, 11) is 0. The van der Waals surface area contributed by atoms with Crippen LogP contribution in [-0.2, 0) is 6.42 Å². The number of aryl methyl sites for hydroxylation is 1. The molecule has 1 aliphatic carbocycles. The van der Waals surface area contributed by atoms with Crippen molar-refractivity contribution >= 4 is 33.2 Å². The van der Waals surface area contributed by atoms with Crippen LogP contribution in [-0.4, -0.2) is 28.7 Å². The number of amides is 1. The van der Waals surface area contributed by atoms with E-state index >= 15 is 0 Å². The fourth-order valence-electron chi connectivity index (χ4n) is 1.86. The van der Waals surface area contributed by atoms with Crippen molar-refractivity contribution in [2.75, 3.05) is 11.9 Å². The van der Waals surface area contributed by atoms with E-state index in [0.29, 0.717) is 6.04 Å². The largest absolute Gasteiger partial charge is 0.334 e. The van der Waals surface area contributed by atoms with Crippen LogP contribution in [0.1, 0.15) is 35.0 Å². The summed E-state index contributed by atoms with van der Waals surface area (Å²) in [6.45, 7) is 2.93. The molecule has 0 N–H and O–H groups in total. The molecule has 1 heterocycles. The first-order chi connectivity index (χ1) is 7.77. The molecule has 0 aliphatic heterocycles. The Kier molecular flexibility index (Phi) is 4.03. The maximum absolute atomic E-state index is 12.4. The van der Waals surface area contributed by atoms with E-state index in [2.05, 4.69) is 28.9 Å². The average molecular weight is 302 g/mol. The third-order valence-electron chi connectivity index (χ3n) is 2.90. The Labute approximate surface area is 109 Å². The summed E-state index contributed by atoms with van der Waals surface area (Å²) in [5.41, 5.74) is 1.19. The molecular weight excluding hydrogens is 286 g/mol. The highest BCUT2D eigenvalue weighted by atomic mass is 79.9. The van der Waals surface area contributed by atoms with Crippen molar-refractivity contribution in [3.8, 4) is 0 Å². The number of rotatable bonds is 5. The molecule has 0 bridgehead atoms. The lowest BCUT2D eigenvalue weighted by Crippen LogP contribution is -2.34. The zero-order valence-electron chi connectivity index (χ0n) is 9.41. The van der Waals surface area contributed by atoms with Gasteiger partial charge in [0.2, 0.25) is 0 Å². The van der Waals surface area contributed by atoms with Gasteiger partial charge in [-0.05, 0) is 36.3 Å². The van der Waals surface area contributed by atoms with Gasteiger partial charge in [0.05, 0.1) is 4.88 Å². The quantitative estimate of drug-likeness (QED) is 0.764. The maximum Gasteiger partial charge on any atom is 0.264 e. The first-order valence-electron chi connectivity index (χ1n) is 5.71. The molecule has 4 heteroatoms. The third-order valence-corrected chi connectivity index (χ3v) is 4.20. The number of hydrogen-bond acceptors (Lipinski definition) is 2. The highest BCUT2D eigenvalue weighted by Gasteiger charge is 2.33. The van der Waals surface area contributed by atoms with Gasteiger partial charge in [0.25, 0.3) is 5.91 Å². The maximum atomic E-state index is 12.4. The van der Waals surface area contributed by atoms with Gasteiger partial charge >= 0.3 is 0 Å². The molecule has 0 spiro atoms. The zero-order chi connectivity index (χ0) is 11.5. The monoisotopic (exact) mass is 301 g/mol. The molecule has 0 radical (unpaired) electrons. The number of nitrogens with zero attached hydrogens (tertiary/aromatic N) is 1. The van der Waals surface area contributed by atoms with Gasteiger partial charge in [-0.2, -0.15) is 0 Å². The van der Waals surface area contributed by atoms with Crippen LogP contribution in [0, 0.1) is 0 Å². The third kappa shape index (κ3) is 2.48. The summed E-state index contributed by atoms with van der Waals surface area (Å²) >= 11 is 5.00. The molecule has 1 fully saturated rings. The van der Waals surface area contributed by atoms with Gasteiger partial charge in [-0.1, -0.05) is 22.9 Å². The van der Waals surface area contributed by atoms with Crippen LogP contribution in [0.5, 0.6) is 0 Å². The Bertz CT molecular complexity index is 373. The number of thiophene rings is 1. The van der Waals surface area contributed by atoms with Gasteiger partial charge in [-0.15, -0.1) is 11.3 Å². The Morgan fingerprint density at radius 3 is 2.94 bits per heavy atom. The van der Waals surface area contributed by atoms with Crippen molar-refractivity contribution < 1.29 is 4.79 Å². The molecule has 0 unspecified atom stereocenters. The Hall–Kier alpha value is -0.350. The van der Waals surface area contributed by atoms with Gasteiger partial charge in [0.1, 0.15) is 0 Å². The standard InChI is InChI=1S/C12H16BrNOS/c1-2-9-5-8-16-11(9)12(15)14(7-6-13)10-3-4-10/h5,8,10H,2-4,6-7H2,1H3. The number of hydrogen-bond donors (Lipinski definition) is 0. The SMILES string of the molecule is CCc1ccsc1C(=O)N(CCBr)C1CC1. The average Bonchev–Trinajstić information content (AvgIpc) is 3.01. The van der Waals surface area contributed by atoms with E-state index in [1.165, 1.54) is 18.4 Å². The molecule has 0 atom stereocenters. The summed E-state index contributed by atoms with van der Waals surface area (Å²) < 4.78 is 0. The number of alkyl halides is 1. The molecule has 1 aliphatic rings. The second-order valence-electron chi connectivity index (χ2n) is 4.05. The minimum Gasteiger partial charge on any atom is -0.334 e. The summed E-state index contributed by atoms with van der Waals surface area (Å²) in [4.78, 5) is 15.3. The van der Waals surface area contributed by atoms with Gasteiger partial charge < -0.3 is 4.90 Å². The topological polar surface area (TPSA) is 20.3 Å². The van der Waals surface area contributed by atoms with E-state index in [-0.39, 0.29) is 5.91 Å². The van der Waals surface area contributed by atoms with Gasteiger partial charge in [-0.25, -0.2) is 0 Å². The zero-order valence-corrected chi connectivity index (χ0v) is 11.8. The van der Waals surface area contributed by atoms with Crippen LogP contribution in [0.4, 0.5) is 0 Å². The van der Waals surface area contributed by atoms with Crippen molar-refractivity contribution in [3.63, 3.8) is 0 Å². The number of carbonyl (C=O) groups is 1. The Morgan fingerprint density at radius 2 is 2.38 bits per heavy atom. The molecule has 2 rings (SSSR count). The predicted molar refractivity (Wildman–Crippen MR) is 71.5 cm³/mol. The fraction of sp³-hybridized carbons (Fsp3) is 0.583. The number of halogens is 1. The van der Waals surface area contributed by atoms with E-state index in [4.69, 9.17) is 0 Å². The second-order valence-corrected chi connectivity index (χ2v) is 5.76.